The molecule has 0 unspecified atom stereocenters. The Morgan fingerprint density at radius 1 is 0.675 bits per heavy atom. The molecule has 0 N–H and O–H groups in total. The van der Waals surface area contributed by atoms with Crippen LogP contribution in [0.15, 0.2) is 37.4 Å². The predicted octanol–water partition coefficient (Wildman–Crippen LogP) is 6.72. The van der Waals surface area contributed by atoms with Crippen LogP contribution in [0.5, 0.6) is 11.5 Å². The monoisotopic (exact) mass is 546 g/mol. The minimum absolute atomic E-state index is 0.287. The highest BCUT2D eigenvalue weighted by molar-refractivity contribution is 5.86. The Labute approximate surface area is 238 Å². The van der Waals surface area contributed by atoms with Gasteiger partial charge in [-0.1, -0.05) is 25.3 Å². The summed E-state index contributed by atoms with van der Waals surface area (Å²) in [6.45, 7) is 12.6. The van der Waals surface area contributed by atoms with E-state index in [1.54, 1.807) is 0 Å². The molecular formula is C34H42O6. The first-order valence-electron chi connectivity index (χ1n) is 14.6. The SMILES string of the molecule is C=CC(=O)OCCCOc1c(C)cc2c(c1-c1c3c(cc(C)c1OCCCOC(=O)C=C)CCCC3)CCCC2. The van der Waals surface area contributed by atoms with Crippen LogP contribution in [0.1, 0.15) is 71.9 Å². The van der Waals surface area contributed by atoms with Gasteiger partial charge in [0.25, 0.3) is 0 Å². The fourth-order valence-corrected chi connectivity index (χ4v) is 5.90. The zero-order valence-corrected chi connectivity index (χ0v) is 24.1. The molecular weight excluding hydrogens is 504 g/mol. The fourth-order valence-electron chi connectivity index (χ4n) is 5.90. The molecule has 40 heavy (non-hydrogen) atoms. The highest BCUT2D eigenvalue weighted by Crippen LogP contribution is 2.49. The van der Waals surface area contributed by atoms with Crippen molar-refractivity contribution < 1.29 is 28.5 Å². The number of hydrogen-bond acceptors (Lipinski definition) is 6. The van der Waals surface area contributed by atoms with Gasteiger partial charge >= 0.3 is 11.9 Å². The van der Waals surface area contributed by atoms with Gasteiger partial charge in [-0.05, 0) is 98.6 Å². The number of benzene rings is 2. The molecule has 214 valence electrons. The summed E-state index contributed by atoms with van der Waals surface area (Å²) in [7, 11) is 0. The maximum atomic E-state index is 11.5. The molecule has 4 rings (SSSR count). The summed E-state index contributed by atoms with van der Waals surface area (Å²) in [5, 5.41) is 0. The van der Waals surface area contributed by atoms with E-state index in [0.717, 1.165) is 61.2 Å². The summed E-state index contributed by atoms with van der Waals surface area (Å²) >= 11 is 0. The van der Waals surface area contributed by atoms with Crippen LogP contribution in [-0.2, 0) is 44.7 Å². The molecule has 0 amide bonds. The Morgan fingerprint density at radius 3 is 1.48 bits per heavy atom. The van der Waals surface area contributed by atoms with Crippen LogP contribution in [0.3, 0.4) is 0 Å². The Morgan fingerprint density at radius 2 is 1.07 bits per heavy atom. The smallest absolute Gasteiger partial charge is 0.330 e. The minimum atomic E-state index is -0.418. The highest BCUT2D eigenvalue weighted by Gasteiger charge is 2.28. The molecule has 0 fully saturated rings. The van der Waals surface area contributed by atoms with E-state index in [4.69, 9.17) is 18.9 Å². The summed E-state index contributed by atoms with van der Waals surface area (Å²) in [5.74, 6) is 0.967. The first kappa shape index (κ1) is 29.4. The second-order valence-corrected chi connectivity index (χ2v) is 10.6. The van der Waals surface area contributed by atoms with E-state index in [2.05, 4.69) is 39.1 Å². The molecule has 0 heterocycles. The number of carbonyl (C=O) groups is 2. The summed E-state index contributed by atoms with van der Waals surface area (Å²) in [4.78, 5) is 22.9. The van der Waals surface area contributed by atoms with E-state index in [1.165, 1.54) is 58.4 Å². The average Bonchev–Trinajstić information content (AvgIpc) is 2.96. The van der Waals surface area contributed by atoms with Gasteiger partial charge in [-0.15, -0.1) is 0 Å². The van der Waals surface area contributed by atoms with Crippen LogP contribution < -0.4 is 9.47 Å². The van der Waals surface area contributed by atoms with E-state index >= 15 is 0 Å². The van der Waals surface area contributed by atoms with Crippen LogP contribution >= 0.6 is 0 Å². The molecule has 0 spiro atoms. The molecule has 2 aliphatic carbocycles. The third-order valence-electron chi connectivity index (χ3n) is 7.72. The normalized spacial score (nSPS) is 13.9. The topological polar surface area (TPSA) is 71.1 Å². The second kappa shape index (κ2) is 14.2. The number of carbonyl (C=O) groups excluding carboxylic acids is 2. The number of fused-ring (bicyclic) bond motifs is 2. The van der Waals surface area contributed by atoms with E-state index in [0.29, 0.717) is 26.1 Å². The van der Waals surface area contributed by atoms with Crippen molar-refractivity contribution in [2.45, 2.75) is 78.1 Å². The van der Waals surface area contributed by atoms with Crippen LogP contribution in [0.4, 0.5) is 0 Å². The molecule has 6 nitrogen and oxygen atoms in total. The van der Waals surface area contributed by atoms with E-state index in [9.17, 15) is 9.59 Å². The maximum Gasteiger partial charge on any atom is 0.330 e. The fraction of sp³-hybridized carbons (Fsp3) is 0.471. The lowest BCUT2D eigenvalue weighted by molar-refractivity contribution is -0.138. The first-order valence-corrected chi connectivity index (χ1v) is 14.6. The molecule has 0 aromatic heterocycles. The molecule has 0 saturated heterocycles. The Bertz CT molecular complexity index is 1160. The molecule has 0 aliphatic heterocycles. The predicted molar refractivity (Wildman–Crippen MR) is 157 cm³/mol. The molecule has 0 bridgehead atoms. The average molecular weight is 547 g/mol. The Hall–Kier alpha value is -3.54. The number of rotatable bonds is 13. The second-order valence-electron chi connectivity index (χ2n) is 10.6. The van der Waals surface area contributed by atoms with Gasteiger partial charge in [-0.25, -0.2) is 9.59 Å². The van der Waals surface area contributed by atoms with Crippen molar-refractivity contribution in [3.05, 3.63) is 70.8 Å². The van der Waals surface area contributed by atoms with E-state index in [1.807, 2.05) is 0 Å². The largest absolute Gasteiger partial charge is 0.493 e. The van der Waals surface area contributed by atoms with E-state index in [-0.39, 0.29) is 13.2 Å². The van der Waals surface area contributed by atoms with Gasteiger partial charge in [-0.3, -0.25) is 0 Å². The summed E-state index contributed by atoms with van der Waals surface area (Å²) in [6.07, 6.45) is 12.4. The number of hydrogen-bond donors (Lipinski definition) is 0. The molecule has 0 saturated carbocycles. The van der Waals surface area contributed by atoms with Crippen LogP contribution in [0, 0.1) is 13.8 Å². The Kier molecular flexibility index (Phi) is 10.5. The van der Waals surface area contributed by atoms with Crippen molar-refractivity contribution in [1.82, 2.24) is 0 Å². The van der Waals surface area contributed by atoms with E-state index < -0.39 is 11.9 Å². The van der Waals surface area contributed by atoms with Gasteiger partial charge in [0.05, 0.1) is 26.4 Å². The third kappa shape index (κ3) is 6.96. The van der Waals surface area contributed by atoms with Crippen molar-refractivity contribution in [2.24, 2.45) is 0 Å². The van der Waals surface area contributed by atoms with Crippen molar-refractivity contribution >= 4 is 11.9 Å². The van der Waals surface area contributed by atoms with Crippen molar-refractivity contribution in [1.29, 1.82) is 0 Å². The first-order chi connectivity index (χ1) is 19.4. The summed E-state index contributed by atoms with van der Waals surface area (Å²) in [5.41, 5.74) is 10.1. The van der Waals surface area contributed by atoms with Gasteiger partial charge in [0, 0.05) is 36.1 Å². The van der Waals surface area contributed by atoms with Gasteiger partial charge in [0.2, 0.25) is 0 Å². The van der Waals surface area contributed by atoms with Gasteiger partial charge in [0.1, 0.15) is 11.5 Å². The van der Waals surface area contributed by atoms with Crippen molar-refractivity contribution in [3.8, 4) is 22.6 Å². The van der Waals surface area contributed by atoms with Crippen molar-refractivity contribution in [2.75, 3.05) is 26.4 Å². The zero-order chi connectivity index (χ0) is 28.5. The molecule has 0 atom stereocenters. The quantitative estimate of drug-likeness (QED) is 0.158. The molecule has 0 radical (unpaired) electrons. The van der Waals surface area contributed by atoms with Crippen LogP contribution in [0.2, 0.25) is 0 Å². The molecule has 2 aromatic carbocycles. The highest BCUT2D eigenvalue weighted by atomic mass is 16.5. The zero-order valence-electron chi connectivity index (χ0n) is 24.1. The van der Waals surface area contributed by atoms with Gasteiger partial charge in [-0.2, -0.15) is 0 Å². The molecule has 2 aromatic rings. The lowest BCUT2D eigenvalue weighted by Gasteiger charge is -2.30. The lowest BCUT2D eigenvalue weighted by Crippen LogP contribution is -2.15. The molecule has 2 aliphatic rings. The van der Waals surface area contributed by atoms with Gasteiger partial charge < -0.3 is 18.9 Å². The lowest BCUT2D eigenvalue weighted by atomic mass is 9.78. The Balaban J connectivity index is 1.73. The van der Waals surface area contributed by atoms with Gasteiger partial charge in [0.15, 0.2) is 0 Å². The number of esters is 2. The third-order valence-corrected chi connectivity index (χ3v) is 7.72. The van der Waals surface area contributed by atoms with Crippen molar-refractivity contribution in [3.63, 3.8) is 0 Å². The minimum Gasteiger partial charge on any atom is -0.493 e. The summed E-state index contributed by atoms with van der Waals surface area (Å²) in [6, 6.07) is 4.59. The van der Waals surface area contributed by atoms with Crippen LogP contribution in [0.25, 0.3) is 11.1 Å². The summed E-state index contributed by atoms with van der Waals surface area (Å²) < 4.78 is 23.4. The van der Waals surface area contributed by atoms with Crippen LogP contribution in [-0.4, -0.2) is 38.4 Å². The number of ether oxygens (including phenoxy) is 4. The maximum absolute atomic E-state index is 11.5. The number of aryl methyl sites for hydroxylation is 4. The standard InChI is InChI=1S/C34H42O6/c1-5-29(35)37-17-11-19-39-33-23(3)21-25-13-7-9-15-27(25)31(33)32-28-16-10-8-14-26(28)22-24(4)34(32)40-20-12-18-38-30(36)6-2/h5-6,21-22H,1-2,7-20H2,3-4H3. The molecule has 6 heteroatoms.